The minimum Gasteiger partial charge on any atom is -0.453 e. The number of methoxy groups -OCH3 is 1. The Labute approximate surface area is 194 Å². The smallest absolute Gasteiger partial charge is 0.409 e. The molecule has 1 aromatic rings. The van der Waals surface area contributed by atoms with Gasteiger partial charge in [-0.05, 0) is 57.3 Å². The maximum Gasteiger partial charge on any atom is 0.409 e. The Morgan fingerprint density at radius 1 is 1.25 bits per heavy atom. The number of ether oxygens (including phenoxy) is 3. The molecule has 0 spiro atoms. The Hall–Kier alpha value is -1.42. The van der Waals surface area contributed by atoms with Crippen molar-refractivity contribution < 1.29 is 19.0 Å². The fourth-order valence-corrected chi connectivity index (χ4v) is 5.38. The van der Waals surface area contributed by atoms with E-state index in [2.05, 4.69) is 38.1 Å². The molecule has 0 radical (unpaired) electrons. The van der Waals surface area contributed by atoms with Gasteiger partial charge in [0, 0.05) is 33.3 Å². The van der Waals surface area contributed by atoms with Crippen LogP contribution in [0.1, 0.15) is 42.9 Å². The summed E-state index contributed by atoms with van der Waals surface area (Å²) in [6.45, 7) is 13.6. The number of carbonyl (C=O) groups excluding carboxylic acids is 1. The number of nitrogens with one attached hydrogen (secondary N) is 1. The van der Waals surface area contributed by atoms with Crippen molar-refractivity contribution in [3.8, 4) is 0 Å². The summed E-state index contributed by atoms with van der Waals surface area (Å²) in [6.07, 6.45) is 5.98. The van der Waals surface area contributed by atoms with Crippen molar-refractivity contribution in [3.63, 3.8) is 0 Å². The lowest BCUT2D eigenvalue weighted by Gasteiger charge is -2.40. The van der Waals surface area contributed by atoms with E-state index < -0.39 is 8.07 Å². The summed E-state index contributed by atoms with van der Waals surface area (Å²) in [6, 6.07) is 1.08. The summed E-state index contributed by atoms with van der Waals surface area (Å²) in [5, 5.41) is 8.27. The summed E-state index contributed by atoms with van der Waals surface area (Å²) in [5.74, 6) is 0.132. The van der Waals surface area contributed by atoms with Crippen molar-refractivity contribution in [1.82, 2.24) is 20.0 Å². The molecule has 1 aromatic heterocycles. The van der Waals surface area contributed by atoms with Crippen LogP contribution in [0.25, 0.3) is 0 Å². The highest BCUT2D eigenvalue weighted by Gasteiger charge is 2.38. The van der Waals surface area contributed by atoms with Crippen LogP contribution in [0.15, 0.2) is 6.20 Å². The standard InChI is InChI=1S/C23H42N4O4Si/c1-18-15-26(17-30-13-14-32(3,4)5)25-22(18)20-7-6-12-27(23(28)29-2)21(20)16-31-19-8-10-24-11-9-19/h15,19-21,24H,6-14,16-17H2,1-5H3/t20-,21?/m0/s1. The lowest BCUT2D eigenvalue weighted by atomic mass is 9.85. The van der Waals surface area contributed by atoms with Gasteiger partial charge in [0.1, 0.15) is 6.73 Å². The second kappa shape index (κ2) is 11.6. The van der Waals surface area contributed by atoms with E-state index in [0.29, 0.717) is 19.9 Å². The van der Waals surface area contributed by atoms with Gasteiger partial charge < -0.3 is 24.4 Å². The van der Waals surface area contributed by atoms with Crippen molar-refractivity contribution in [2.75, 3.05) is 40.0 Å². The van der Waals surface area contributed by atoms with Gasteiger partial charge in [0.15, 0.2) is 0 Å². The van der Waals surface area contributed by atoms with E-state index in [9.17, 15) is 4.79 Å². The number of rotatable bonds is 9. The van der Waals surface area contributed by atoms with Crippen LogP contribution in [0.5, 0.6) is 0 Å². The zero-order chi connectivity index (χ0) is 23.1. The first-order valence-corrected chi connectivity index (χ1v) is 15.8. The molecule has 1 amide bonds. The van der Waals surface area contributed by atoms with Crippen LogP contribution in [-0.2, 0) is 20.9 Å². The van der Waals surface area contributed by atoms with Gasteiger partial charge in [-0.25, -0.2) is 9.48 Å². The zero-order valence-electron chi connectivity index (χ0n) is 20.6. The molecule has 182 valence electrons. The highest BCUT2D eigenvalue weighted by Crippen LogP contribution is 2.34. The second-order valence-corrected chi connectivity index (χ2v) is 16.0. The molecule has 0 aromatic carbocycles. The summed E-state index contributed by atoms with van der Waals surface area (Å²) in [7, 11) is 0.348. The Morgan fingerprint density at radius 3 is 2.69 bits per heavy atom. The molecule has 1 unspecified atom stereocenters. The van der Waals surface area contributed by atoms with Gasteiger partial charge in [-0.1, -0.05) is 19.6 Å². The minimum absolute atomic E-state index is 0.0686. The van der Waals surface area contributed by atoms with Gasteiger partial charge in [-0.2, -0.15) is 5.10 Å². The molecule has 0 bridgehead atoms. The minimum atomic E-state index is -1.10. The Bertz CT molecular complexity index is 730. The molecule has 2 fully saturated rings. The largest absolute Gasteiger partial charge is 0.453 e. The molecule has 8 nitrogen and oxygen atoms in total. The molecular weight excluding hydrogens is 424 g/mol. The van der Waals surface area contributed by atoms with E-state index in [1.165, 1.54) is 7.11 Å². The molecular formula is C23H42N4O4Si. The maximum absolute atomic E-state index is 12.5. The van der Waals surface area contributed by atoms with E-state index in [1.807, 2.05) is 9.58 Å². The van der Waals surface area contributed by atoms with Crippen LogP contribution in [0.3, 0.4) is 0 Å². The Balaban J connectivity index is 1.69. The van der Waals surface area contributed by atoms with Gasteiger partial charge >= 0.3 is 6.09 Å². The number of aromatic nitrogens is 2. The third-order valence-electron chi connectivity index (χ3n) is 6.53. The molecule has 9 heteroatoms. The van der Waals surface area contributed by atoms with Crippen molar-refractivity contribution in [1.29, 1.82) is 0 Å². The molecule has 3 heterocycles. The quantitative estimate of drug-likeness (QED) is 0.443. The molecule has 2 saturated heterocycles. The lowest BCUT2D eigenvalue weighted by Crippen LogP contribution is -2.50. The summed E-state index contributed by atoms with van der Waals surface area (Å²) in [4.78, 5) is 14.4. The SMILES string of the molecule is COC(=O)N1CCC[C@H](c2nn(COCC[Si](C)(C)C)cc2C)C1COC1CCNCC1. The van der Waals surface area contributed by atoms with E-state index in [-0.39, 0.29) is 24.2 Å². The number of hydrogen-bond acceptors (Lipinski definition) is 6. The highest BCUT2D eigenvalue weighted by atomic mass is 28.3. The average Bonchev–Trinajstić information content (AvgIpc) is 3.14. The fourth-order valence-electron chi connectivity index (χ4n) is 4.63. The van der Waals surface area contributed by atoms with Crippen molar-refractivity contribution in [2.24, 2.45) is 0 Å². The zero-order valence-corrected chi connectivity index (χ0v) is 21.6. The second-order valence-electron chi connectivity index (χ2n) is 10.3. The highest BCUT2D eigenvalue weighted by molar-refractivity contribution is 6.76. The third kappa shape index (κ3) is 7.04. The molecule has 2 atom stereocenters. The first-order valence-electron chi connectivity index (χ1n) is 12.1. The van der Waals surface area contributed by atoms with Crippen LogP contribution in [0.4, 0.5) is 4.79 Å². The molecule has 32 heavy (non-hydrogen) atoms. The number of carbonyl (C=O) groups is 1. The van der Waals surface area contributed by atoms with E-state index in [4.69, 9.17) is 19.3 Å². The van der Waals surface area contributed by atoms with Gasteiger partial charge in [-0.15, -0.1) is 0 Å². The summed E-state index contributed by atoms with van der Waals surface area (Å²) < 4.78 is 19.2. The first kappa shape index (κ1) is 25.2. The van der Waals surface area contributed by atoms with Crippen LogP contribution in [0, 0.1) is 6.92 Å². The maximum atomic E-state index is 12.5. The van der Waals surface area contributed by atoms with Crippen LogP contribution >= 0.6 is 0 Å². The third-order valence-corrected chi connectivity index (χ3v) is 8.24. The molecule has 0 aliphatic carbocycles. The number of amides is 1. The van der Waals surface area contributed by atoms with Crippen molar-refractivity contribution >= 4 is 14.2 Å². The molecule has 2 aliphatic rings. The molecule has 2 aliphatic heterocycles. The molecule has 0 saturated carbocycles. The Morgan fingerprint density at radius 2 is 2.00 bits per heavy atom. The van der Waals surface area contributed by atoms with Crippen LogP contribution in [-0.4, -0.2) is 81.0 Å². The predicted octanol–water partition coefficient (Wildman–Crippen LogP) is 3.59. The van der Waals surface area contributed by atoms with Gasteiger partial charge in [0.25, 0.3) is 0 Å². The van der Waals surface area contributed by atoms with Gasteiger partial charge in [0.2, 0.25) is 0 Å². The number of hydrogen-bond donors (Lipinski definition) is 1. The van der Waals surface area contributed by atoms with E-state index in [1.54, 1.807) is 0 Å². The monoisotopic (exact) mass is 466 g/mol. The van der Waals surface area contributed by atoms with Crippen molar-refractivity contribution in [2.45, 2.75) is 83.1 Å². The number of nitrogens with zero attached hydrogens (tertiary/aromatic N) is 3. The lowest BCUT2D eigenvalue weighted by molar-refractivity contribution is -0.0200. The first-order chi connectivity index (χ1) is 15.3. The number of likely N-dealkylation sites (tertiary alicyclic amines) is 1. The van der Waals surface area contributed by atoms with E-state index in [0.717, 1.165) is 62.7 Å². The fraction of sp³-hybridized carbons (Fsp3) is 0.826. The summed E-state index contributed by atoms with van der Waals surface area (Å²) in [5.41, 5.74) is 2.19. The Kier molecular flexibility index (Phi) is 9.16. The van der Waals surface area contributed by atoms with Gasteiger partial charge in [0.05, 0.1) is 31.6 Å². The van der Waals surface area contributed by atoms with Crippen LogP contribution < -0.4 is 5.32 Å². The summed E-state index contributed by atoms with van der Waals surface area (Å²) >= 11 is 0. The number of piperidine rings is 2. The number of aryl methyl sites for hydroxylation is 1. The van der Waals surface area contributed by atoms with E-state index >= 15 is 0 Å². The molecule has 3 rings (SSSR count). The topological polar surface area (TPSA) is 77.9 Å². The van der Waals surface area contributed by atoms with Gasteiger partial charge in [-0.3, -0.25) is 0 Å². The van der Waals surface area contributed by atoms with Crippen LogP contribution in [0.2, 0.25) is 25.7 Å². The average molecular weight is 467 g/mol. The predicted molar refractivity (Wildman–Crippen MR) is 128 cm³/mol. The molecule has 1 N–H and O–H groups in total. The van der Waals surface area contributed by atoms with Crippen molar-refractivity contribution in [3.05, 3.63) is 17.5 Å². The normalized spacial score (nSPS) is 22.8.